The summed E-state index contributed by atoms with van der Waals surface area (Å²) in [4.78, 5) is 19.4. The van der Waals surface area contributed by atoms with E-state index in [4.69, 9.17) is 0 Å². The first-order valence-corrected chi connectivity index (χ1v) is 8.37. The Hall–Kier alpha value is -2.49. The second kappa shape index (κ2) is 7.18. The number of rotatable bonds is 6. The number of para-hydroxylation sites is 1. The number of anilines is 1. The number of nitrogens with zero attached hydrogens (tertiary/aromatic N) is 3. The van der Waals surface area contributed by atoms with E-state index in [-0.39, 0.29) is 12.4 Å². The zero-order chi connectivity index (χ0) is 17.9. The quantitative estimate of drug-likeness (QED) is 0.648. The first-order valence-electron chi connectivity index (χ1n) is 7.56. The molecular weight excluding hydrogens is 355 g/mol. The standard InChI is InChI=1S/C15H14F3N5OS/c16-15(17,18)13-21-14(23-22-13)20-11(24)7-3-4-8-12-19-9-5-1-2-6-10(9)25-12/h1-2,5-6H,3-4,7-8H2,(H2,20,21,22,23,24). The van der Waals surface area contributed by atoms with Crippen LogP contribution in [0.4, 0.5) is 19.1 Å². The second-order valence-corrected chi connectivity index (χ2v) is 6.45. The van der Waals surface area contributed by atoms with E-state index in [2.05, 4.69) is 20.4 Å². The molecule has 2 heterocycles. The monoisotopic (exact) mass is 369 g/mol. The summed E-state index contributed by atoms with van der Waals surface area (Å²) >= 11 is 1.62. The van der Waals surface area contributed by atoms with Gasteiger partial charge in [-0.25, -0.2) is 4.98 Å². The number of halogens is 3. The van der Waals surface area contributed by atoms with Gasteiger partial charge in [-0.3, -0.25) is 15.2 Å². The lowest BCUT2D eigenvalue weighted by Crippen LogP contribution is -2.13. The van der Waals surface area contributed by atoms with Crippen LogP contribution in [0.15, 0.2) is 24.3 Å². The van der Waals surface area contributed by atoms with Gasteiger partial charge in [-0.2, -0.15) is 18.2 Å². The van der Waals surface area contributed by atoms with Crippen LogP contribution in [0.2, 0.25) is 0 Å². The number of aromatic amines is 1. The molecule has 0 bridgehead atoms. The summed E-state index contributed by atoms with van der Waals surface area (Å²) in [6.07, 6.45) is -2.33. The molecule has 0 saturated heterocycles. The van der Waals surface area contributed by atoms with Crippen molar-refractivity contribution in [1.82, 2.24) is 20.2 Å². The van der Waals surface area contributed by atoms with Crippen molar-refractivity contribution in [2.45, 2.75) is 31.9 Å². The van der Waals surface area contributed by atoms with Crippen molar-refractivity contribution in [2.75, 3.05) is 5.32 Å². The summed E-state index contributed by atoms with van der Waals surface area (Å²) in [5.74, 6) is -2.03. The summed E-state index contributed by atoms with van der Waals surface area (Å²) < 4.78 is 38.2. The van der Waals surface area contributed by atoms with Crippen molar-refractivity contribution in [2.24, 2.45) is 0 Å². The maximum atomic E-state index is 12.4. The zero-order valence-electron chi connectivity index (χ0n) is 12.9. The van der Waals surface area contributed by atoms with Crippen molar-refractivity contribution in [3.05, 3.63) is 35.1 Å². The highest BCUT2D eigenvalue weighted by molar-refractivity contribution is 7.18. The van der Waals surface area contributed by atoms with Crippen LogP contribution in [0, 0.1) is 0 Å². The summed E-state index contributed by atoms with van der Waals surface area (Å²) in [6.45, 7) is 0. The third kappa shape index (κ3) is 4.53. The molecule has 0 aliphatic heterocycles. The van der Waals surface area contributed by atoms with Gasteiger partial charge >= 0.3 is 6.18 Å². The number of H-pyrrole nitrogens is 1. The molecule has 1 amide bonds. The van der Waals surface area contributed by atoms with Gasteiger partial charge in [0.15, 0.2) is 0 Å². The van der Waals surface area contributed by atoms with E-state index in [0.717, 1.165) is 28.1 Å². The molecule has 0 saturated carbocycles. The van der Waals surface area contributed by atoms with Gasteiger partial charge in [0.25, 0.3) is 0 Å². The highest BCUT2D eigenvalue weighted by Crippen LogP contribution is 2.26. The zero-order valence-corrected chi connectivity index (χ0v) is 13.7. The number of benzene rings is 1. The largest absolute Gasteiger partial charge is 0.451 e. The first-order chi connectivity index (χ1) is 11.9. The molecular formula is C15H14F3N5OS. The van der Waals surface area contributed by atoms with E-state index in [1.807, 2.05) is 24.3 Å². The smallest absolute Gasteiger partial charge is 0.293 e. The van der Waals surface area contributed by atoms with E-state index in [1.54, 1.807) is 16.4 Å². The molecule has 132 valence electrons. The molecule has 2 N–H and O–H groups in total. The Morgan fingerprint density at radius 2 is 2.00 bits per heavy atom. The average Bonchev–Trinajstić information content (AvgIpc) is 3.17. The van der Waals surface area contributed by atoms with Gasteiger partial charge in [-0.15, -0.1) is 16.4 Å². The van der Waals surface area contributed by atoms with E-state index in [1.165, 1.54) is 0 Å². The fraction of sp³-hybridized carbons (Fsp3) is 0.333. The molecule has 0 spiro atoms. The summed E-state index contributed by atoms with van der Waals surface area (Å²) in [5.41, 5.74) is 0.963. The molecule has 0 radical (unpaired) electrons. The number of aromatic nitrogens is 4. The molecule has 10 heteroatoms. The van der Waals surface area contributed by atoms with Crippen LogP contribution < -0.4 is 5.32 Å². The number of hydrogen-bond donors (Lipinski definition) is 2. The number of unbranched alkanes of at least 4 members (excludes halogenated alkanes) is 1. The number of amides is 1. The Morgan fingerprint density at radius 1 is 1.20 bits per heavy atom. The summed E-state index contributed by atoms with van der Waals surface area (Å²) in [5, 5.41) is 8.33. The highest BCUT2D eigenvalue weighted by atomic mass is 32.1. The minimum absolute atomic E-state index is 0.181. The number of nitrogens with one attached hydrogen (secondary N) is 2. The Kier molecular flexibility index (Phi) is 4.98. The van der Waals surface area contributed by atoms with Crippen LogP contribution in [0.25, 0.3) is 10.2 Å². The SMILES string of the molecule is O=C(CCCCc1nc2ccccc2s1)Nc1n[nH]c(C(F)(F)F)n1. The Labute approximate surface area is 144 Å². The van der Waals surface area contributed by atoms with Gasteiger partial charge in [0, 0.05) is 6.42 Å². The topological polar surface area (TPSA) is 83.6 Å². The molecule has 3 rings (SSSR count). The molecule has 3 aromatic rings. The number of aryl methyl sites for hydroxylation is 1. The number of carbonyl (C=O) groups excluding carboxylic acids is 1. The number of alkyl halides is 3. The molecule has 6 nitrogen and oxygen atoms in total. The van der Waals surface area contributed by atoms with Crippen LogP contribution in [-0.2, 0) is 17.4 Å². The summed E-state index contributed by atoms with van der Waals surface area (Å²) in [7, 11) is 0. The van der Waals surface area contributed by atoms with Crippen molar-refractivity contribution < 1.29 is 18.0 Å². The average molecular weight is 369 g/mol. The maximum absolute atomic E-state index is 12.4. The molecule has 2 aromatic heterocycles. The van der Waals surface area contributed by atoms with E-state index in [0.29, 0.717) is 6.42 Å². The fourth-order valence-electron chi connectivity index (χ4n) is 2.22. The minimum Gasteiger partial charge on any atom is -0.293 e. The van der Waals surface area contributed by atoms with Crippen LogP contribution in [-0.4, -0.2) is 26.1 Å². The number of carbonyl (C=O) groups is 1. The third-order valence-corrected chi connectivity index (χ3v) is 4.48. The first kappa shape index (κ1) is 17.3. The minimum atomic E-state index is -4.62. The Balaban J connectivity index is 1.42. The molecule has 0 atom stereocenters. The highest BCUT2D eigenvalue weighted by Gasteiger charge is 2.35. The predicted octanol–water partition coefficient (Wildman–Crippen LogP) is 3.78. The van der Waals surface area contributed by atoms with Crippen LogP contribution in [0.5, 0.6) is 0 Å². The van der Waals surface area contributed by atoms with Crippen molar-refractivity contribution in [3.8, 4) is 0 Å². The van der Waals surface area contributed by atoms with Gasteiger partial charge in [0.2, 0.25) is 17.7 Å². The molecule has 1 aromatic carbocycles. The predicted molar refractivity (Wildman–Crippen MR) is 87.2 cm³/mol. The Morgan fingerprint density at radius 3 is 2.72 bits per heavy atom. The van der Waals surface area contributed by atoms with Crippen LogP contribution >= 0.6 is 11.3 Å². The number of fused-ring (bicyclic) bond motifs is 1. The maximum Gasteiger partial charge on any atom is 0.451 e. The van der Waals surface area contributed by atoms with Crippen molar-refractivity contribution in [1.29, 1.82) is 0 Å². The number of hydrogen-bond acceptors (Lipinski definition) is 5. The molecule has 0 aliphatic carbocycles. The van der Waals surface area contributed by atoms with Gasteiger partial charge in [-0.05, 0) is 31.4 Å². The van der Waals surface area contributed by atoms with Crippen LogP contribution in [0.1, 0.15) is 30.1 Å². The van der Waals surface area contributed by atoms with Gasteiger partial charge < -0.3 is 0 Å². The summed E-state index contributed by atoms with van der Waals surface area (Å²) in [6, 6.07) is 7.86. The van der Waals surface area contributed by atoms with E-state index in [9.17, 15) is 18.0 Å². The Bertz CT molecular complexity index is 840. The second-order valence-electron chi connectivity index (χ2n) is 5.34. The molecule has 0 unspecified atom stereocenters. The molecule has 0 aliphatic rings. The van der Waals surface area contributed by atoms with E-state index >= 15 is 0 Å². The van der Waals surface area contributed by atoms with Crippen LogP contribution in [0.3, 0.4) is 0 Å². The third-order valence-electron chi connectivity index (χ3n) is 3.39. The molecule has 25 heavy (non-hydrogen) atoms. The van der Waals surface area contributed by atoms with Gasteiger partial charge in [0.05, 0.1) is 15.2 Å². The lowest BCUT2D eigenvalue weighted by Gasteiger charge is -2.01. The van der Waals surface area contributed by atoms with Crippen molar-refractivity contribution >= 4 is 33.4 Å². The number of thiazole rings is 1. The lowest BCUT2D eigenvalue weighted by atomic mass is 10.2. The molecule has 0 fully saturated rings. The van der Waals surface area contributed by atoms with Gasteiger partial charge in [-0.1, -0.05) is 12.1 Å². The lowest BCUT2D eigenvalue weighted by molar-refractivity contribution is -0.144. The fourth-order valence-corrected chi connectivity index (χ4v) is 3.23. The van der Waals surface area contributed by atoms with Gasteiger partial charge in [0.1, 0.15) is 0 Å². The van der Waals surface area contributed by atoms with E-state index < -0.39 is 17.9 Å². The van der Waals surface area contributed by atoms with Crippen molar-refractivity contribution in [3.63, 3.8) is 0 Å². The normalized spacial score (nSPS) is 11.8.